The summed E-state index contributed by atoms with van der Waals surface area (Å²) in [6.45, 7) is 2.62. The van der Waals surface area contributed by atoms with E-state index in [4.69, 9.17) is 4.74 Å². The van der Waals surface area contributed by atoms with Crippen molar-refractivity contribution >= 4 is 29.0 Å². The Labute approximate surface area is 209 Å². The van der Waals surface area contributed by atoms with Crippen LogP contribution in [0.2, 0.25) is 0 Å². The lowest BCUT2D eigenvalue weighted by Crippen LogP contribution is -2.48. The predicted molar refractivity (Wildman–Crippen MR) is 135 cm³/mol. The molecular formula is C29H30FNO3S. The van der Waals surface area contributed by atoms with E-state index in [0.717, 1.165) is 40.8 Å². The third kappa shape index (κ3) is 4.20. The van der Waals surface area contributed by atoms with E-state index in [1.807, 2.05) is 19.1 Å². The van der Waals surface area contributed by atoms with Crippen LogP contribution >= 0.6 is 11.8 Å². The first-order chi connectivity index (χ1) is 16.9. The van der Waals surface area contributed by atoms with Gasteiger partial charge >= 0.3 is 0 Å². The summed E-state index contributed by atoms with van der Waals surface area (Å²) in [5.41, 5.74) is 3.18. The highest BCUT2D eigenvalue weighted by atomic mass is 32.2. The fourth-order valence-electron chi connectivity index (χ4n) is 7.29. The second-order valence-electron chi connectivity index (χ2n) is 10.8. The van der Waals surface area contributed by atoms with Gasteiger partial charge in [0.15, 0.2) is 0 Å². The molecule has 0 spiro atoms. The van der Waals surface area contributed by atoms with Gasteiger partial charge in [0.1, 0.15) is 11.6 Å². The molecule has 4 aliphatic carbocycles. The van der Waals surface area contributed by atoms with E-state index < -0.39 is 0 Å². The van der Waals surface area contributed by atoms with Crippen LogP contribution in [0.4, 0.5) is 9.18 Å². The van der Waals surface area contributed by atoms with Gasteiger partial charge in [-0.2, -0.15) is 0 Å². The zero-order valence-corrected chi connectivity index (χ0v) is 20.8. The normalized spacial score (nSPS) is 30.5. The van der Waals surface area contributed by atoms with Gasteiger partial charge in [-0.25, -0.2) is 4.39 Å². The average Bonchev–Trinajstić information content (AvgIpc) is 3.08. The molecule has 182 valence electrons. The Balaban J connectivity index is 1.31. The van der Waals surface area contributed by atoms with E-state index >= 15 is 0 Å². The molecule has 5 aliphatic rings. The monoisotopic (exact) mass is 491 g/mol. The van der Waals surface area contributed by atoms with Gasteiger partial charge in [-0.3, -0.25) is 14.5 Å². The maximum atomic E-state index is 13.3. The van der Waals surface area contributed by atoms with Crippen LogP contribution in [0.3, 0.4) is 0 Å². The number of hydrogen-bond donors (Lipinski definition) is 0. The first-order valence-electron chi connectivity index (χ1n) is 12.7. The number of imide groups is 1. The van der Waals surface area contributed by atoms with Crippen molar-refractivity contribution in [3.05, 3.63) is 69.9 Å². The molecule has 7 rings (SSSR count). The molecule has 0 N–H and O–H groups in total. The van der Waals surface area contributed by atoms with Crippen molar-refractivity contribution in [2.75, 3.05) is 6.61 Å². The summed E-state index contributed by atoms with van der Waals surface area (Å²) < 4.78 is 19.2. The Bertz CT molecular complexity index is 1170. The summed E-state index contributed by atoms with van der Waals surface area (Å²) in [4.78, 5) is 27.5. The van der Waals surface area contributed by atoms with Crippen molar-refractivity contribution in [3.63, 3.8) is 0 Å². The van der Waals surface area contributed by atoms with Crippen LogP contribution in [0.15, 0.2) is 47.4 Å². The molecule has 2 aromatic rings. The van der Waals surface area contributed by atoms with Gasteiger partial charge in [-0.05, 0) is 122 Å². The fourth-order valence-corrected chi connectivity index (χ4v) is 8.12. The quantitative estimate of drug-likeness (QED) is 0.411. The van der Waals surface area contributed by atoms with E-state index in [-0.39, 0.29) is 28.9 Å². The molecule has 5 fully saturated rings. The van der Waals surface area contributed by atoms with Crippen molar-refractivity contribution in [3.8, 4) is 5.75 Å². The molecule has 2 amide bonds. The van der Waals surface area contributed by atoms with Crippen molar-refractivity contribution in [2.24, 2.45) is 17.8 Å². The van der Waals surface area contributed by atoms with Crippen LogP contribution in [-0.4, -0.2) is 22.7 Å². The number of rotatable bonds is 6. The molecule has 35 heavy (non-hydrogen) atoms. The maximum Gasteiger partial charge on any atom is 0.293 e. The number of carbonyl (C=O) groups is 2. The van der Waals surface area contributed by atoms with Crippen molar-refractivity contribution in [1.29, 1.82) is 0 Å². The molecule has 4 bridgehead atoms. The summed E-state index contributed by atoms with van der Waals surface area (Å²) in [7, 11) is 0. The Morgan fingerprint density at radius 2 is 1.69 bits per heavy atom. The third-order valence-corrected chi connectivity index (χ3v) is 9.28. The van der Waals surface area contributed by atoms with Crippen LogP contribution in [0.25, 0.3) is 6.08 Å². The van der Waals surface area contributed by atoms with Gasteiger partial charge in [0.05, 0.1) is 18.1 Å². The third-order valence-electron chi connectivity index (χ3n) is 8.37. The maximum absolute atomic E-state index is 13.3. The molecular weight excluding hydrogens is 461 g/mol. The van der Waals surface area contributed by atoms with Crippen LogP contribution in [-0.2, 0) is 16.8 Å². The minimum Gasteiger partial charge on any atom is -0.493 e. The number of amides is 2. The standard InChI is InChI=1S/C29H30FNO3S/c1-2-34-25-8-5-23(29-14-19-9-20(15-29)11-21(10-19)16-29)12-22(25)13-26-27(32)31(28(33)35-26)17-18-3-6-24(30)7-4-18/h3-8,12-13,19-21H,2,9-11,14-17H2,1H3/b26-13-. The lowest BCUT2D eigenvalue weighted by atomic mass is 9.48. The van der Waals surface area contributed by atoms with Crippen LogP contribution in [0, 0.1) is 23.6 Å². The number of carbonyl (C=O) groups excluding carboxylic acids is 2. The van der Waals surface area contributed by atoms with E-state index in [1.165, 1.54) is 61.1 Å². The number of thioether (sulfide) groups is 1. The topological polar surface area (TPSA) is 46.6 Å². The average molecular weight is 492 g/mol. The highest BCUT2D eigenvalue weighted by molar-refractivity contribution is 8.18. The Kier molecular flexibility index (Phi) is 5.75. The molecule has 4 nitrogen and oxygen atoms in total. The van der Waals surface area contributed by atoms with Crippen molar-refractivity contribution in [1.82, 2.24) is 4.90 Å². The van der Waals surface area contributed by atoms with E-state index in [0.29, 0.717) is 17.1 Å². The Hall–Kier alpha value is -2.60. The van der Waals surface area contributed by atoms with E-state index in [1.54, 1.807) is 12.1 Å². The summed E-state index contributed by atoms with van der Waals surface area (Å²) in [6, 6.07) is 12.4. The second kappa shape index (κ2) is 8.81. The lowest BCUT2D eigenvalue weighted by molar-refractivity contribution is -0.123. The zero-order chi connectivity index (χ0) is 24.2. The lowest BCUT2D eigenvalue weighted by Gasteiger charge is -2.57. The molecule has 6 heteroatoms. The van der Waals surface area contributed by atoms with Crippen LogP contribution < -0.4 is 4.74 Å². The first-order valence-corrected chi connectivity index (χ1v) is 13.5. The molecule has 2 aromatic carbocycles. The smallest absolute Gasteiger partial charge is 0.293 e. The summed E-state index contributed by atoms with van der Waals surface area (Å²) >= 11 is 0.960. The number of nitrogens with zero attached hydrogens (tertiary/aromatic N) is 1. The van der Waals surface area contributed by atoms with Gasteiger partial charge in [0.2, 0.25) is 0 Å². The molecule has 1 saturated heterocycles. The molecule has 0 radical (unpaired) electrons. The SMILES string of the molecule is CCOc1ccc(C23CC4CC(CC(C4)C2)C3)cc1/C=C1\SC(=O)N(Cc2ccc(F)cc2)C1=O. The molecule has 0 atom stereocenters. The fraction of sp³-hybridized carbons (Fsp3) is 0.448. The van der Waals surface area contributed by atoms with Gasteiger partial charge in [-0.15, -0.1) is 0 Å². The predicted octanol–water partition coefficient (Wildman–Crippen LogP) is 6.93. The van der Waals surface area contributed by atoms with E-state index in [2.05, 4.69) is 12.1 Å². The largest absolute Gasteiger partial charge is 0.493 e. The summed E-state index contributed by atoms with van der Waals surface area (Å²) in [6.07, 6.45) is 9.80. The van der Waals surface area contributed by atoms with Gasteiger partial charge in [-0.1, -0.05) is 18.2 Å². The minimum atomic E-state index is -0.342. The Morgan fingerprint density at radius 3 is 2.31 bits per heavy atom. The Morgan fingerprint density at radius 1 is 1.03 bits per heavy atom. The minimum absolute atomic E-state index is 0.133. The first kappa shape index (κ1) is 22.8. The van der Waals surface area contributed by atoms with Gasteiger partial charge in [0, 0.05) is 5.56 Å². The molecule has 0 unspecified atom stereocenters. The van der Waals surface area contributed by atoms with Crippen LogP contribution in [0.5, 0.6) is 5.75 Å². The highest BCUT2D eigenvalue weighted by Gasteiger charge is 2.51. The molecule has 1 aliphatic heterocycles. The zero-order valence-electron chi connectivity index (χ0n) is 20.0. The van der Waals surface area contributed by atoms with Gasteiger partial charge in [0.25, 0.3) is 11.1 Å². The number of benzene rings is 2. The molecule has 0 aromatic heterocycles. The molecule has 1 heterocycles. The van der Waals surface area contributed by atoms with Crippen molar-refractivity contribution < 1.29 is 18.7 Å². The number of halogens is 1. The molecule has 4 saturated carbocycles. The van der Waals surface area contributed by atoms with Crippen molar-refractivity contribution in [2.45, 2.75) is 57.4 Å². The van der Waals surface area contributed by atoms with Crippen LogP contribution in [0.1, 0.15) is 62.1 Å². The number of ether oxygens (including phenoxy) is 1. The summed E-state index contributed by atoms with van der Waals surface area (Å²) in [5, 5.41) is -0.305. The van der Waals surface area contributed by atoms with E-state index in [9.17, 15) is 14.0 Å². The summed E-state index contributed by atoms with van der Waals surface area (Å²) in [5.74, 6) is 2.63. The highest BCUT2D eigenvalue weighted by Crippen LogP contribution is 2.61. The van der Waals surface area contributed by atoms with Gasteiger partial charge < -0.3 is 4.74 Å². The number of hydrogen-bond acceptors (Lipinski definition) is 4. The second-order valence-corrected chi connectivity index (χ2v) is 11.8.